The molecule has 2 nitrogen and oxygen atoms in total. The minimum absolute atomic E-state index is 0. The molecule has 2 fully saturated rings. The van der Waals surface area contributed by atoms with E-state index >= 15 is 0 Å². The Bertz CT molecular complexity index is 1050. The number of hydrogen-bond donors (Lipinski definition) is 0. The van der Waals surface area contributed by atoms with E-state index in [4.69, 9.17) is 23.2 Å². The van der Waals surface area contributed by atoms with Gasteiger partial charge in [0.2, 0.25) is 0 Å². The molecule has 204 valence electrons. The molecule has 0 bridgehead atoms. The SMILES string of the molecule is Fc1[c-]c(F)c(N2CC(CCl)C2)cc1.Fc1[c-]c(F)c(N2CC(CCl)C2)cc1.[Ti+4].c1cc[cH-]c1.c1cc[cH-]c1. The molecule has 6 rings (SSSR count). The normalized spacial score (nSPS) is 14.2. The monoisotopic (exact) mass is 610 g/mol. The molecule has 0 radical (unpaired) electrons. The van der Waals surface area contributed by atoms with E-state index in [0.717, 1.165) is 26.2 Å². The third kappa shape index (κ3) is 10.7. The molecular weight excluding hydrogens is 583 g/mol. The summed E-state index contributed by atoms with van der Waals surface area (Å²) in [5, 5.41) is 0. The maximum Gasteiger partial charge on any atom is 4.00 e. The molecule has 0 spiro atoms. The van der Waals surface area contributed by atoms with E-state index in [2.05, 4.69) is 0 Å². The largest absolute Gasteiger partial charge is 4.00 e. The predicted octanol–water partition coefficient (Wildman–Crippen LogP) is 7.69. The number of nitrogens with zero attached hydrogens (tertiary/aromatic N) is 2. The molecule has 0 aromatic heterocycles. The van der Waals surface area contributed by atoms with Gasteiger partial charge < -0.3 is 9.80 Å². The van der Waals surface area contributed by atoms with Gasteiger partial charge in [0.15, 0.2) is 0 Å². The summed E-state index contributed by atoms with van der Waals surface area (Å²) in [5.41, 5.74) is 0.820. The number of halogens is 6. The fourth-order valence-corrected chi connectivity index (χ4v) is 4.12. The van der Waals surface area contributed by atoms with Crippen molar-refractivity contribution in [3.05, 3.63) is 120 Å². The summed E-state index contributed by atoms with van der Waals surface area (Å²) in [4.78, 5) is 3.66. The first-order valence-corrected chi connectivity index (χ1v) is 13.2. The van der Waals surface area contributed by atoms with Crippen molar-refractivity contribution >= 4 is 34.6 Å². The van der Waals surface area contributed by atoms with Gasteiger partial charge in [-0.25, -0.2) is 41.8 Å². The molecule has 2 saturated heterocycles. The number of rotatable bonds is 4. The zero-order valence-electron chi connectivity index (χ0n) is 21.1. The van der Waals surface area contributed by atoms with E-state index in [1.165, 1.54) is 24.3 Å². The summed E-state index contributed by atoms with van der Waals surface area (Å²) in [6.45, 7) is 2.94. The van der Waals surface area contributed by atoms with Crippen LogP contribution in [0.5, 0.6) is 0 Å². The standard InChI is InChI=1S/2C10H9ClF2N.2C5H5.Ti/c2*11-4-7-5-14(6-7)10-2-1-8(12)3-9(10)13;2*1-2-4-5-3-1;/h2*1-2,7H,4-6H2;2*1-5H;/q4*-1;+4. The molecule has 39 heavy (non-hydrogen) atoms. The third-order valence-electron chi connectivity index (χ3n) is 5.83. The second-order valence-corrected chi connectivity index (χ2v) is 9.40. The summed E-state index contributed by atoms with van der Waals surface area (Å²) < 4.78 is 51.4. The van der Waals surface area contributed by atoms with E-state index in [1.807, 2.05) is 82.6 Å². The third-order valence-corrected chi connectivity index (χ3v) is 6.70. The number of anilines is 2. The molecule has 2 aliphatic heterocycles. The van der Waals surface area contributed by atoms with Crippen LogP contribution in [0.4, 0.5) is 28.9 Å². The quantitative estimate of drug-likeness (QED) is 0.101. The molecular formula is C30H28Cl2F4N2Ti. The van der Waals surface area contributed by atoms with Crippen LogP contribution in [0.25, 0.3) is 0 Å². The van der Waals surface area contributed by atoms with Crippen LogP contribution in [-0.2, 0) is 21.7 Å². The molecule has 4 aromatic rings. The van der Waals surface area contributed by atoms with Gasteiger partial charge in [-0.15, -0.1) is 59.6 Å². The first-order chi connectivity index (χ1) is 18.4. The van der Waals surface area contributed by atoms with Gasteiger partial charge in [0.05, 0.1) is 0 Å². The molecule has 4 aromatic carbocycles. The smallest absolute Gasteiger partial charge is 0.420 e. The first-order valence-electron chi connectivity index (χ1n) is 12.1. The van der Waals surface area contributed by atoms with Crippen molar-refractivity contribution in [1.29, 1.82) is 0 Å². The van der Waals surface area contributed by atoms with Gasteiger partial charge in [-0.2, -0.15) is 36.4 Å². The van der Waals surface area contributed by atoms with Crippen LogP contribution >= 0.6 is 23.2 Å². The number of alkyl halides is 2. The Morgan fingerprint density at radius 2 is 0.974 bits per heavy atom. The van der Waals surface area contributed by atoms with E-state index in [0.29, 0.717) is 35.0 Å². The summed E-state index contributed by atoms with van der Waals surface area (Å²) in [5.74, 6) is -0.578. The van der Waals surface area contributed by atoms with Gasteiger partial charge in [-0.3, -0.25) is 0 Å². The van der Waals surface area contributed by atoms with Gasteiger partial charge in [0.25, 0.3) is 0 Å². The fraction of sp³-hybridized carbons (Fsp3) is 0.267. The van der Waals surface area contributed by atoms with Crippen molar-refractivity contribution < 1.29 is 39.3 Å². The molecule has 0 saturated carbocycles. The second-order valence-electron chi connectivity index (χ2n) is 8.79. The molecule has 2 aliphatic rings. The molecule has 2 heterocycles. The summed E-state index contributed by atoms with van der Waals surface area (Å²) in [7, 11) is 0. The minimum atomic E-state index is -0.666. The Morgan fingerprint density at radius 1 is 0.641 bits per heavy atom. The molecule has 0 unspecified atom stereocenters. The Hall–Kier alpha value is -2.25. The average Bonchev–Trinajstić information content (AvgIpc) is 3.60. The summed E-state index contributed by atoms with van der Waals surface area (Å²) in [6, 6.07) is 29.3. The number of benzene rings is 2. The van der Waals surface area contributed by atoms with Crippen molar-refractivity contribution in [2.45, 2.75) is 0 Å². The maximum absolute atomic E-state index is 13.2. The molecule has 0 amide bonds. The topological polar surface area (TPSA) is 6.48 Å². The van der Waals surface area contributed by atoms with E-state index in [1.54, 1.807) is 0 Å². The van der Waals surface area contributed by atoms with Crippen LogP contribution < -0.4 is 9.80 Å². The fourth-order valence-electron chi connectivity index (χ4n) is 3.73. The summed E-state index contributed by atoms with van der Waals surface area (Å²) >= 11 is 11.3. The molecule has 0 N–H and O–H groups in total. The first kappa shape index (κ1) is 33.0. The van der Waals surface area contributed by atoms with Crippen molar-refractivity contribution in [2.24, 2.45) is 11.8 Å². The maximum atomic E-state index is 13.2. The Kier molecular flexibility index (Phi) is 14.7. The molecule has 0 aliphatic carbocycles. The van der Waals surface area contributed by atoms with E-state index in [9.17, 15) is 17.6 Å². The van der Waals surface area contributed by atoms with E-state index < -0.39 is 23.3 Å². The van der Waals surface area contributed by atoms with Crippen LogP contribution in [0.2, 0.25) is 0 Å². The van der Waals surface area contributed by atoms with Gasteiger partial charge in [-0.1, -0.05) is 0 Å². The van der Waals surface area contributed by atoms with Crippen molar-refractivity contribution in [3.63, 3.8) is 0 Å². The Balaban J connectivity index is 0.000000199. The van der Waals surface area contributed by atoms with E-state index in [-0.39, 0.29) is 21.7 Å². The van der Waals surface area contributed by atoms with Crippen molar-refractivity contribution in [3.8, 4) is 0 Å². The van der Waals surface area contributed by atoms with Crippen LogP contribution in [0.15, 0.2) is 84.9 Å². The average molecular weight is 611 g/mol. The minimum Gasteiger partial charge on any atom is -0.420 e. The summed E-state index contributed by atoms with van der Waals surface area (Å²) in [6.07, 6.45) is 0. The Labute approximate surface area is 252 Å². The van der Waals surface area contributed by atoms with Crippen molar-refractivity contribution in [2.75, 3.05) is 47.7 Å². The van der Waals surface area contributed by atoms with Crippen molar-refractivity contribution in [1.82, 2.24) is 0 Å². The van der Waals surface area contributed by atoms with Crippen LogP contribution in [0, 0.1) is 47.2 Å². The van der Waals surface area contributed by atoms with Crippen LogP contribution in [0.3, 0.4) is 0 Å². The molecule has 0 atom stereocenters. The van der Waals surface area contributed by atoms with Gasteiger partial charge in [0, 0.05) is 73.0 Å². The zero-order chi connectivity index (χ0) is 27.3. The van der Waals surface area contributed by atoms with Gasteiger partial charge >= 0.3 is 21.7 Å². The van der Waals surface area contributed by atoms with Gasteiger partial charge in [0.1, 0.15) is 0 Å². The molecule has 9 heteroatoms. The predicted molar refractivity (Wildman–Crippen MR) is 147 cm³/mol. The van der Waals surface area contributed by atoms with Gasteiger partial charge in [-0.05, 0) is 11.4 Å². The van der Waals surface area contributed by atoms with Crippen LogP contribution in [-0.4, -0.2) is 37.9 Å². The number of hydrogen-bond acceptors (Lipinski definition) is 2. The zero-order valence-corrected chi connectivity index (χ0v) is 24.2. The van der Waals surface area contributed by atoms with Crippen LogP contribution in [0.1, 0.15) is 0 Å². The second kappa shape index (κ2) is 17.4. The Morgan fingerprint density at radius 3 is 1.21 bits per heavy atom.